The summed E-state index contributed by atoms with van der Waals surface area (Å²) in [5.41, 5.74) is 13.2. The Bertz CT molecular complexity index is 517. The van der Waals surface area contributed by atoms with Gasteiger partial charge in [-0.2, -0.15) is 0 Å². The Hall–Kier alpha value is -1.75. The van der Waals surface area contributed by atoms with E-state index in [4.69, 9.17) is 11.5 Å². The Morgan fingerprint density at radius 3 is 2.79 bits per heavy atom. The van der Waals surface area contributed by atoms with Gasteiger partial charge in [0.15, 0.2) is 0 Å². The number of carbonyl (C=O) groups excluding carboxylic acids is 1. The maximum absolute atomic E-state index is 11.5. The van der Waals surface area contributed by atoms with E-state index in [1.165, 1.54) is 0 Å². The first-order chi connectivity index (χ1) is 9.06. The standard InChI is InChI=1S/C14H19N3O2/c15-9-2-3-10(14(16)19)12(5-9)17-6-8-1-4-13(18)11(8)7-17/h2-3,5,8,11,13,18H,1,4,6-7,15H2,(H2,16,19). The van der Waals surface area contributed by atoms with Gasteiger partial charge in [-0.3, -0.25) is 4.79 Å². The summed E-state index contributed by atoms with van der Waals surface area (Å²) >= 11 is 0. The number of carbonyl (C=O) groups is 1. The van der Waals surface area contributed by atoms with Gasteiger partial charge in [0.2, 0.25) is 0 Å². The molecule has 1 aromatic rings. The molecule has 3 rings (SSSR count). The second kappa shape index (κ2) is 4.42. The second-order valence-corrected chi connectivity index (χ2v) is 5.61. The summed E-state index contributed by atoms with van der Waals surface area (Å²) in [5, 5.41) is 9.95. The number of hydrogen-bond donors (Lipinski definition) is 3. The molecule has 0 radical (unpaired) electrons. The van der Waals surface area contributed by atoms with Crippen molar-refractivity contribution in [2.75, 3.05) is 23.7 Å². The molecule has 102 valence electrons. The number of amides is 1. The van der Waals surface area contributed by atoms with E-state index in [-0.39, 0.29) is 6.10 Å². The minimum Gasteiger partial charge on any atom is -0.399 e. The Kier molecular flexibility index (Phi) is 2.86. The lowest BCUT2D eigenvalue weighted by Gasteiger charge is -2.23. The zero-order chi connectivity index (χ0) is 13.6. The topological polar surface area (TPSA) is 92.6 Å². The molecule has 3 atom stereocenters. The number of nitrogens with two attached hydrogens (primary N) is 2. The minimum absolute atomic E-state index is 0.215. The predicted octanol–water partition coefficient (Wildman–Crippen LogP) is 0.575. The summed E-state index contributed by atoms with van der Waals surface area (Å²) in [7, 11) is 0. The van der Waals surface area contributed by atoms with Gasteiger partial charge in [-0.15, -0.1) is 0 Å². The van der Waals surface area contributed by atoms with E-state index in [2.05, 4.69) is 4.90 Å². The largest absolute Gasteiger partial charge is 0.399 e. The Morgan fingerprint density at radius 1 is 1.32 bits per heavy atom. The maximum atomic E-state index is 11.5. The molecule has 1 aromatic carbocycles. The van der Waals surface area contributed by atoms with Crippen LogP contribution in [0.5, 0.6) is 0 Å². The van der Waals surface area contributed by atoms with E-state index >= 15 is 0 Å². The molecular weight excluding hydrogens is 242 g/mol. The first-order valence-corrected chi connectivity index (χ1v) is 6.68. The molecule has 19 heavy (non-hydrogen) atoms. The van der Waals surface area contributed by atoms with E-state index in [0.29, 0.717) is 23.1 Å². The van der Waals surface area contributed by atoms with Crippen LogP contribution >= 0.6 is 0 Å². The zero-order valence-electron chi connectivity index (χ0n) is 10.7. The monoisotopic (exact) mass is 261 g/mol. The molecule has 0 aromatic heterocycles. The minimum atomic E-state index is -0.437. The molecule has 5 heteroatoms. The molecule has 1 amide bonds. The van der Waals surface area contributed by atoms with Crippen molar-refractivity contribution in [2.24, 2.45) is 17.6 Å². The number of primary amides is 1. The SMILES string of the molecule is NC(=O)c1ccc(N)cc1N1CC2CCC(O)C2C1. The van der Waals surface area contributed by atoms with E-state index in [9.17, 15) is 9.90 Å². The van der Waals surface area contributed by atoms with Crippen LogP contribution in [0.15, 0.2) is 18.2 Å². The molecule has 1 heterocycles. The van der Waals surface area contributed by atoms with Crippen molar-refractivity contribution >= 4 is 17.3 Å². The van der Waals surface area contributed by atoms with Crippen LogP contribution in [-0.2, 0) is 0 Å². The third kappa shape index (κ3) is 2.04. The number of hydrogen-bond acceptors (Lipinski definition) is 4. The van der Waals surface area contributed by atoms with Crippen LogP contribution in [0, 0.1) is 11.8 Å². The number of rotatable bonds is 2. The molecule has 2 aliphatic rings. The lowest BCUT2D eigenvalue weighted by Crippen LogP contribution is -2.27. The van der Waals surface area contributed by atoms with Crippen molar-refractivity contribution in [3.63, 3.8) is 0 Å². The number of aliphatic hydroxyl groups is 1. The highest BCUT2D eigenvalue weighted by molar-refractivity contribution is 5.99. The lowest BCUT2D eigenvalue weighted by molar-refractivity contribution is 0.100. The molecule has 0 bridgehead atoms. The normalized spacial score (nSPS) is 29.5. The summed E-state index contributed by atoms with van der Waals surface area (Å²) in [6.07, 6.45) is 1.73. The zero-order valence-corrected chi connectivity index (χ0v) is 10.7. The number of benzene rings is 1. The smallest absolute Gasteiger partial charge is 0.250 e. The van der Waals surface area contributed by atoms with Crippen molar-refractivity contribution in [1.29, 1.82) is 0 Å². The van der Waals surface area contributed by atoms with Gasteiger partial charge in [0.25, 0.3) is 5.91 Å². The van der Waals surface area contributed by atoms with Crippen molar-refractivity contribution in [3.8, 4) is 0 Å². The highest BCUT2D eigenvalue weighted by atomic mass is 16.3. The Morgan fingerprint density at radius 2 is 2.11 bits per heavy atom. The van der Waals surface area contributed by atoms with Crippen LogP contribution in [-0.4, -0.2) is 30.2 Å². The van der Waals surface area contributed by atoms with Crippen LogP contribution in [0.3, 0.4) is 0 Å². The van der Waals surface area contributed by atoms with Crippen molar-refractivity contribution in [1.82, 2.24) is 0 Å². The van der Waals surface area contributed by atoms with Crippen molar-refractivity contribution in [2.45, 2.75) is 18.9 Å². The molecule has 1 aliphatic carbocycles. The predicted molar refractivity (Wildman–Crippen MR) is 73.8 cm³/mol. The highest BCUT2D eigenvalue weighted by Crippen LogP contribution is 2.40. The Balaban J connectivity index is 1.91. The van der Waals surface area contributed by atoms with Crippen LogP contribution in [0.1, 0.15) is 23.2 Å². The number of nitrogens with zero attached hydrogens (tertiary/aromatic N) is 1. The fourth-order valence-corrected chi connectivity index (χ4v) is 3.45. The molecule has 0 spiro atoms. The average Bonchev–Trinajstić information content (AvgIpc) is 2.91. The van der Waals surface area contributed by atoms with Crippen LogP contribution in [0.2, 0.25) is 0 Å². The fourth-order valence-electron chi connectivity index (χ4n) is 3.45. The van der Waals surface area contributed by atoms with E-state index in [0.717, 1.165) is 31.6 Å². The van der Waals surface area contributed by atoms with Gasteiger partial charge in [-0.05, 0) is 37.0 Å². The van der Waals surface area contributed by atoms with Crippen molar-refractivity contribution < 1.29 is 9.90 Å². The number of nitrogen functional groups attached to an aromatic ring is 1. The summed E-state index contributed by atoms with van der Waals surface area (Å²) < 4.78 is 0. The van der Waals surface area contributed by atoms with Gasteiger partial charge in [0.05, 0.1) is 17.4 Å². The third-order valence-electron chi connectivity index (χ3n) is 4.45. The van der Waals surface area contributed by atoms with Gasteiger partial charge < -0.3 is 21.5 Å². The lowest BCUT2D eigenvalue weighted by atomic mass is 10.00. The van der Waals surface area contributed by atoms with Gasteiger partial charge in [0, 0.05) is 24.7 Å². The van der Waals surface area contributed by atoms with E-state index < -0.39 is 5.91 Å². The van der Waals surface area contributed by atoms with Crippen LogP contribution in [0.25, 0.3) is 0 Å². The highest BCUT2D eigenvalue weighted by Gasteiger charge is 2.42. The summed E-state index contributed by atoms with van der Waals surface area (Å²) in [5.74, 6) is 0.381. The number of fused-ring (bicyclic) bond motifs is 1. The average molecular weight is 261 g/mol. The van der Waals surface area contributed by atoms with Gasteiger partial charge >= 0.3 is 0 Å². The third-order valence-corrected chi connectivity index (χ3v) is 4.45. The molecule has 1 aliphatic heterocycles. The molecule has 1 saturated heterocycles. The van der Waals surface area contributed by atoms with Crippen LogP contribution < -0.4 is 16.4 Å². The van der Waals surface area contributed by atoms with Crippen LogP contribution in [0.4, 0.5) is 11.4 Å². The van der Waals surface area contributed by atoms with E-state index in [1.807, 2.05) is 0 Å². The maximum Gasteiger partial charge on any atom is 0.250 e. The van der Waals surface area contributed by atoms with E-state index in [1.54, 1.807) is 18.2 Å². The van der Waals surface area contributed by atoms with Gasteiger partial charge in [0.1, 0.15) is 0 Å². The molecule has 5 nitrogen and oxygen atoms in total. The molecule has 1 saturated carbocycles. The number of aliphatic hydroxyl groups excluding tert-OH is 1. The summed E-state index contributed by atoms with van der Waals surface area (Å²) in [4.78, 5) is 13.6. The fraction of sp³-hybridized carbons (Fsp3) is 0.500. The molecule has 5 N–H and O–H groups in total. The summed E-state index contributed by atoms with van der Waals surface area (Å²) in [6.45, 7) is 1.64. The van der Waals surface area contributed by atoms with Gasteiger partial charge in [-0.25, -0.2) is 0 Å². The first kappa shape index (κ1) is 12.3. The molecular formula is C14H19N3O2. The Labute approximate surface area is 112 Å². The molecule has 3 unspecified atom stereocenters. The summed E-state index contributed by atoms with van der Waals surface area (Å²) in [6, 6.07) is 5.17. The first-order valence-electron chi connectivity index (χ1n) is 6.68. The second-order valence-electron chi connectivity index (χ2n) is 5.61. The molecule has 2 fully saturated rings. The van der Waals surface area contributed by atoms with Crippen molar-refractivity contribution in [3.05, 3.63) is 23.8 Å². The van der Waals surface area contributed by atoms with Gasteiger partial charge in [-0.1, -0.05) is 0 Å². The quantitative estimate of drug-likeness (QED) is 0.679. The number of anilines is 2.